The van der Waals surface area contributed by atoms with Crippen LogP contribution in [0.3, 0.4) is 0 Å². The molecule has 0 bridgehead atoms. The van der Waals surface area contributed by atoms with Gasteiger partial charge in [-0.3, -0.25) is 9.59 Å². The third-order valence-corrected chi connectivity index (χ3v) is 2.51. The van der Waals surface area contributed by atoms with Crippen LogP contribution >= 0.6 is 0 Å². The average molecular weight is 248 g/mol. The molecule has 1 aromatic carbocycles. The predicted molar refractivity (Wildman–Crippen MR) is 62.8 cm³/mol. The van der Waals surface area contributed by atoms with Crippen molar-refractivity contribution in [2.24, 2.45) is 0 Å². The van der Waals surface area contributed by atoms with Crippen molar-refractivity contribution in [3.05, 3.63) is 30.2 Å². The van der Waals surface area contributed by atoms with E-state index in [1.165, 1.54) is 13.3 Å². The fourth-order valence-corrected chi connectivity index (χ4v) is 1.76. The summed E-state index contributed by atoms with van der Waals surface area (Å²) in [5.74, 6) is -1.26. The predicted octanol–water partition coefficient (Wildman–Crippen LogP) is 1.48. The molecular formula is C12H12N2O4. The van der Waals surface area contributed by atoms with Crippen molar-refractivity contribution in [1.82, 2.24) is 10.3 Å². The van der Waals surface area contributed by atoms with Crippen molar-refractivity contribution in [3.63, 3.8) is 0 Å². The molecule has 1 amide bonds. The Balaban J connectivity index is 2.32. The van der Waals surface area contributed by atoms with E-state index in [-0.39, 0.29) is 12.3 Å². The maximum absolute atomic E-state index is 11.1. The van der Waals surface area contributed by atoms with Gasteiger partial charge in [-0.2, -0.15) is 0 Å². The van der Waals surface area contributed by atoms with Gasteiger partial charge in [-0.15, -0.1) is 0 Å². The molecule has 0 aliphatic rings. The zero-order chi connectivity index (χ0) is 13.1. The molecule has 2 aromatic rings. The summed E-state index contributed by atoms with van der Waals surface area (Å²) in [4.78, 5) is 25.8. The van der Waals surface area contributed by atoms with E-state index in [1.807, 2.05) is 0 Å². The van der Waals surface area contributed by atoms with Crippen molar-refractivity contribution in [2.45, 2.75) is 19.4 Å². The van der Waals surface area contributed by atoms with E-state index in [2.05, 4.69) is 10.3 Å². The molecule has 0 aliphatic carbocycles. The quantitative estimate of drug-likeness (QED) is 0.854. The van der Waals surface area contributed by atoms with Gasteiger partial charge in [0.15, 0.2) is 12.0 Å². The van der Waals surface area contributed by atoms with Crippen LogP contribution in [0.15, 0.2) is 29.0 Å². The molecule has 18 heavy (non-hydrogen) atoms. The molecule has 1 unspecified atom stereocenters. The Kier molecular flexibility index (Phi) is 3.27. The number of hydrogen-bond donors (Lipinski definition) is 2. The van der Waals surface area contributed by atoms with Crippen molar-refractivity contribution < 1.29 is 19.1 Å². The minimum absolute atomic E-state index is 0.181. The zero-order valence-electron chi connectivity index (χ0n) is 9.71. The second-order valence-electron chi connectivity index (χ2n) is 3.93. The van der Waals surface area contributed by atoms with E-state index in [0.29, 0.717) is 16.7 Å². The molecule has 0 saturated heterocycles. The van der Waals surface area contributed by atoms with Gasteiger partial charge in [-0.05, 0) is 17.7 Å². The summed E-state index contributed by atoms with van der Waals surface area (Å²) in [5.41, 5.74) is 1.93. The first-order valence-corrected chi connectivity index (χ1v) is 5.38. The number of fused-ring (bicyclic) bond motifs is 1. The lowest BCUT2D eigenvalue weighted by Crippen LogP contribution is -2.27. The molecule has 94 valence electrons. The Morgan fingerprint density at radius 3 is 2.94 bits per heavy atom. The van der Waals surface area contributed by atoms with Crippen molar-refractivity contribution in [1.29, 1.82) is 0 Å². The summed E-state index contributed by atoms with van der Waals surface area (Å²) in [6.07, 6.45) is 1.14. The molecule has 1 aromatic heterocycles. The van der Waals surface area contributed by atoms with Gasteiger partial charge < -0.3 is 14.8 Å². The number of nitrogens with zero attached hydrogens (tertiary/aromatic N) is 1. The Hall–Kier alpha value is -2.37. The monoisotopic (exact) mass is 248 g/mol. The van der Waals surface area contributed by atoms with Crippen LogP contribution in [-0.2, 0) is 9.59 Å². The Morgan fingerprint density at radius 1 is 1.50 bits per heavy atom. The number of rotatable bonds is 4. The third kappa shape index (κ3) is 2.65. The van der Waals surface area contributed by atoms with E-state index in [0.717, 1.165) is 0 Å². The number of amides is 1. The third-order valence-electron chi connectivity index (χ3n) is 2.51. The lowest BCUT2D eigenvalue weighted by atomic mass is 10.0. The van der Waals surface area contributed by atoms with Crippen LogP contribution in [0.5, 0.6) is 0 Å². The van der Waals surface area contributed by atoms with Crippen LogP contribution in [0, 0.1) is 0 Å². The highest BCUT2D eigenvalue weighted by molar-refractivity contribution is 5.77. The van der Waals surface area contributed by atoms with Gasteiger partial charge in [0.2, 0.25) is 5.91 Å². The van der Waals surface area contributed by atoms with Crippen molar-refractivity contribution in [3.8, 4) is 0 Å². The lowest BCUT2D eigenvalue weighted by Gasteiger charge is -2.15. The molecule has 0 radical (unpaired) electrons. The van der Waals surface area contributed by atoms with E-state index in [1.54, 1.807) is 18.2 Å². The van der Waals surface area contributed by atoms with Gasteiger partial charge in [0, 0.05) is 6.92 Å². The zero-order valence-corrected chi connectivity index (χ0v) is 9.71. The number of carboxylic acid groups (broad SMARTS) is 1. The highest BCUT2D eigenvalue weighted by Gasteiger charge is 2.17. The molecule has 1 atom stereocenters. The maximum Gasteiger partial charge on any atom is 0.305 e. The molecule has 6 nitrogen and oxygen atoms in total. The molecule has 0 aliphatic heterocycles. The van der Waals surface area contributed by atoms with Gasteiger partial charge in [0.25, 0.3) is 0 Å². The first-order chi connectivity index (χ1) is 8.56. The smallest absolute Gasteiger partial charge is 0.305 e. The molecular weight excluding hydrogens is 236 g/mol. The van der Waals surface area contributed by atoms with Crippen LogP contribution in [0.25, 0.3) is 11.1 Å². The number of hydrogen-bond acceptors (Lipinski definition) is 4. The summed E-state index contributed by atoms with van der Waals surface area (Å²) in [7, 11) is 0. The van der Waals surface area contributed by atoms with Crippen molar-refractivity contribution >= 4 is 23.0 Å². The maximum atomic E-state index is 11.1. The summed E-state index contributed by atoms with van der Waals surface area (Å²) >= 11 is 0. The summed E-state index contributed by atoms with van der Waals surface area (Å²) in [6, 6.07) is 4.57. The molecule has 6 heteroatoms. The first kappa shape index (κ1) is 12.1. The molecule has 2 rings (SSSR count). The number of aliphatic carboxylic acids is 1. The standard InChI is InChI=1S/C12H12N2O4/c1-7(15)14-10(5-12(16)17)8-2-3-9-11(4-8)18-6-13-9/h2-4,6,10H,5H2,1H3,(H,14,15)(H,16,17). The number of carbonyl (C=O) groups excluding carboxylic acids is 1. The number of carboxylic acids is 1. The Bertz CT molecular complexity index is 575. The molecule has 0 saturated carbocycles. The highest BCUT2D eigenvalue weighted by atomic mass is 16.4. The Morgan fingerprint density at radius 2 is 2.28 bits per heavy atom. The fourth-order valence-electron chi connectivity index (χ4n) is 1.76. The van der Waals surface area contributed by atoms with E-state index < -0.39 is 12.0 Å². The number of carbonyl (C=O) groups is 2. The van der Waals surface area contributed by atoms with E-state index in [4.69, 9.17) is 9.52 Å². The lowest BCUT2D eigenvalue weighted by molar-refractivity contribution is -0.137. The normalized spacial score (nSPS) is 12.3. The second-order valence-corrected chi connectivity index (χ2v) is 3.93. The number of oxazole rings is 1. The number of nitrogens with one attached hydrogen (secondary N) is 1. The topological polar surface area (TPSA) is 92.4 Å². The van der Waals surface area contributed by atoms with Crippen LogP contribution in [-0.4, -0.2) is 22.0 Å². The van der Waals surface area contributed by atoms with E-state index in [9.17, 15) is 9.59 Å². The Labute approximate surface area is 103 Å². The van der Waals surface area contributed by atoms with Gasteiger partial charge >= 0.3 is 5.97 Å². The van der Waals surface area contributed by atoms with Crippen LogP contribution in [0.1, 0.15) is 24.9 Å². The van der Waals surface area contributed by atoms with Crippen LogP contribution in [0.2, 0.25) is 0 Å². The van der Waals surface area contributed by atoms with Gasteiger partial charge in [-0.25, -0.2) is 4.98 Å². The SMILES string of the molecule is CC(=O)NC(CC(=O)O)c1ccc2ncoc2c1. The van der Waals surface area contributed by atoms with Gasteiger partial charge in [0.1, 0.15) is 5.52 Å². The minimum atomic E-state index is -0.980. The van der Waals surface area contributed by atoms with Crippen LogP contribution < -0.4 is 5.32 Å². The molecule has 1 heterocycles. The minimum Gasteiger partial charge on any atom is -0.481 e. The van der Waals surface area contributed by atoms with Gasteiger partial charge in [0.05, 0.1) is 12.5 Å². The molecule has 0 fully saturated rings. The molecule has 0 spiro atoms. The average Bonchev–Trinajstić information content (AvgIpc) is 2.73. The summed E-state index contributed by atoms with van der Waals surface area (Å²) < 4.78 is 5.15. The first-order valence-electron chi connectivity index (χ1n) is 5.38. The fraction of sp³-hybridized carbons (Fsp3) is 0.250. The molecule has 2 N–H and O–H groups in total. The summed E-state index contributed by atoms with van der Waals surface area (Å²) in [6.45, 7) is 1.35. The number of aromatic nitrogens is 1. The van der Waals surface area contributed by atoms with Crippen molar-refractivity contribution in [2.75, 3.05) is 0 Å². The summed E-state index contributed by atoms with van der Waals surface area (Å²) in [5, 5.41) is 11.4. The van der Waals surface area contributed by atoms with Gasteiger partial charge in [-0.1, -0.05) is 6.07 Å². The largest absolute Gasteiger partial charge is 0.481 e. The van der Waals surface area contributed by atoms with Crippen LogP contribution in [0.4, 0.5) is 0 Å². The number of benzene rings is 1. The second kappa shape index (κ2) is 4.87. The highest BCUT2D eigenvalue weighted by Crippen LogP contribution is 2.22. The van der Waals surface area contributed by atoms with E-state index >= 15 is 0 Å².